The number of hydrogen-bond donors (Lipinski definition) is 2. The third-order valence-electron chi connectivity index (χ3n) is 4.74. The fourth-order valence-electron chi connectivity index (χ4n) is 3.37. The van der Waals surface area contributed by atoms with Crippen LogP contribution in [0.4, 0.5) is 10.5 Å². The number of nitrogens with zero attached hydrogens (tertiary/aromatic N) is 2. The molecule has 130 valence electrons. The summed E-state index contributed by atoms with van der Waals surface area (Å²) < 4.78 is 0. The molecule has 0 unspecified atom stereocenters. The fourth-order valence-corrected chi connectivity index (χ4v) is 3.59. The van der Waals surface area contributed by atoms with Crippen molar-refractivity contribution in [1.29, 1.82) is 0 Å². The van der Waals surface area contributed by atoms with Gasteiger partial charge >= 0.3 is 6.03 Å². The van der Waals surface area contributed by atoms with Crippen LogP contribution in [-0.2, 0) is 0 Å². The van der Waals surface area contributed by atoms with Crippen molar-refractivity contribution >= 4 is 29.2 Å². The molecule has 1 aromatic carbocycles. The molecule has 2 heterocycles. The van der Waals surface area contributed by atoms with Crippen molar-refractivity contribution in [3.8, 4) is 0 Å². The topological polar surface area (TPSA) is 64.7 Å². The number of carbonyl (C=O) groups excluding carboxylic acids is 2. The first kappa shape index (κ1) is 17.0. The molecule has 0 bridgehead atoms. The van der Waals surface area contributed by atoms with E-state index in [0.717, 1.165) is 32.5 Å². The summed E-state index contributed by atoms with van der Waals surface area (Å²) in [4.78, 5) is 28.1. The zero-order valence-electron chi connectivity index (χ0n) is 13.8. The second-order valence-corrected chi connectivity index (χ2v) is 6.75. The number of amides is 3. The molecule has 2 aliphatic rings. The number of halogens is 1. The largest absolute Gasteiger partial charge is 0.339 e. The van der Waals surface area contributed by atoms with E-state index in [9.17, 15) is 9.59 Å². The number of urea groups is 1. The molecule has 2 N–H and O–H groups in total. The maximum Gasteiger partial charge on any atom is 0.322 e. The van der Waals surface area contributed by atoms with Crippen molar-refractivity contribution in [3.05, 3.63) is 28.8 Å². The van der Waals surface area contributed by atoms with Gasteiger partial charge in [-0.2, -0.15) is 0 Å². The minimum atomic E-state index is -0.172. The van der Waals surface area contributed by atoms with Crippen LogP contribution < -0.4 is 15.5 Å². The summed E-state index contributed by atoms with van der Waals surface area (Å²) in [6.45, 7) is 3.69. The van der Waals surface area contributed by atoms with Gasteiger partial charge in [-0.3, -0.25) is 9.69 Å². The maximum absolute atomic E-state index is 12.8. The molecule has 0 aliphatic carbocycles. The highest BCUT2D eigenvalue weighted by Crippen LogP contribution is 2.29. The van der Waals surface area contributed by atoms with E-state index in [-0.39, 0.29) is 11.9 Å². The van der Waals surface area contributed by atoms with E-state index in [4.69, 9.17) is 11.6 Å². The highest BCUT2D eigenvalue weighted by molar-refractivity contribution is 6.34. The monoisotopic (exact) mass is 350 g/mol. The Kier molecular flexibility index (Phi) is 5.26. The summed E-state index contributed by atoms with van der Waals surface area (Å²) in [5.41, 5.74) is 1.18. The van der Waals surface area contributed by atoms with E-state index in [1.54, 1.807) is 23.1 Å². The molecule has 2 fully saturated rings. The summed E-state index contributed by atoms with van der Waals surface area (Å²) in [5, 5.41) is 6.43. The van der Waals surface area contributed by atoms with Crippen LogP contribution in [0, 0.1) is 5.92 Å². The molecule has 24 heavy (non-hydrogen) atoms. The van der Waals surface area contributed by atoms with E-state index in [1.165, 1.54) is 0 Å². The SMILES string of the molecule is CNCC1CCN(C(=O)c2ccc(Cl)c(N3CCNC3=O)c2)CC1. The molecule has 7 heteroatoms. The zero-order valence-corrected chi connectivity index (χ0v) is 14.6. The summed E-state index contributed by atoms with van der Waals surface area (Å²) in [6.07, 6.45) is 2.03. The van der Waals surface area contributed by atoms with Gasteiger partial charge in [-0.05, 0) is 50.6 Å². The minimum absolute atomic E-state index is 0.00966. The minimum Gasteiger partial charge on any atom is -0.339 e. The van der Waals surface area contributed by atoms with Crippen LogP contribution in [0.3, 0.4) is 0 Å². The molecule has 1 aromatic rings. The van der Waals surface area contributed by atoms with Gasteiger partial charge in [-0.15, -0.1) is 0 Å². The highest BCUT2D eigenvalue weighted by Gasteiger charge is 2.27. The molecule has 6 nitrogen and oxygen atoms in total. The summed E-state index contributed by atoms with van der Waals surface area (Å²) in [5.74, 6) is 0.642. The number of likely N-dealkylation sites (tertiary alicyclic amines) is 1. The molecular formula is C17H23ClN4O2. The van der Waals surface area contributed by atoms with Gasteiger partial charge in [0.1, 0.15) is 0 Å². The van der Waals surface area contributed by atoms with Crippen LogP contribution in [0.1, 0.15) is 23.2 Å². The van der Waals surface area contributed by atoms with Crippen LogP contribution in [0.2, 0.25) is 5.02 Å². The number of carbonyl (C=O) groups is 2. The first-order chi connectivity index (χ1) is 11.6. The Labute approximate surface area is 147 Å². The van der Waals surface area contributed by atoms with Crippen LogP contribution in [0.5, 0.6) is 0 Å². The Morgan fingerprint density at radius 2 is 2.08 bits per heavy atom. The molecule has 3 rings (SSSR count). The van der Waals surface area contributed by atoms with Crippen molar-refractivity contribution < 1.29 is 9.59 Å². The van der Waals surface area contributed by atoms with Crippen molar-refractivity contribution in [1.82, 2.24) is 15.5 Å². The Balaban J connectivity index is 1.73. The Hall–Kier alpha value is -1.79. The lowest BCUT2D eigenvalue weighted by Crippen LogP contribution is -2.40. The number of benzene rings is 1. The predicted octanol–water partition coefficient (Wildman–Crippen LogP) is 1.94. The Morgan fingerprint density at radius 3 is 2.71 bits per heavy atom. The molecule has 0 radical (unpaired) electrons. The van der Waals surface area contributed by atoms with Crippen molar-refractivity contribution in [2.75, 3.05) is 44.7 Å². The van der Waals surface area contributed by atoms with E-state index in [2.05, 4.69) is 10.6 Å². The van der Waals surface area contributed by atoms with E-state index < -0.39 is 0 Å². The maximum atomic E-state index is 12.8. The summed E-state index contributed by atoms with van der Waals surface area (Å²) in [6, 6.07) is 5.00. The van der Waals surface area contributed by atoms with Gasteiger partial charge in [0.25, 0.3) is 5.91 Å². The summed E-state index contributed by atoms with van der Waals surface area (Å²) >= 11 is 6.23. The third-order valence-corrected chi connectivity index (χ3v) is 5.05. The molecule has 0 atom stereocenters. The average Bonchev–Trinajstić information content (AvgIpc) is 3.01. The number of anilines is 1. The standard InChI is InChI=1S/C17H23ClN4O2/c1-19-11-12-4-7-21(8-5-12)16(23)13-2-3-14(18)15(10-13)22-9-6-20-17(22)24/h2-3,10,12,19H,4-9,11H2,1H3,(H,20,24). The summed E-state index contributed by atoms with van der Waals surface area (Å²) in [7, 11) is 1.96. The van der Waals surface area contributed by atoms with Gasteiger partial charge in [-0.25, -0.2) is 4.79 Å². The number of nitrogens with one attached hydrogen (secondary N) is 2. The van der Waals surface area contributed by atoms with Gasteiger partial charge in [0.2, 0.25) is 0 Å². The molecule has 0 spiro atoms. The molecule has 0 aromatic heterocycles. The Morgan fingerprint density at radius 1 is 1.33 bits per heavy atom. The van der Waals surface area contributed by atoms with Crippen molar-refractivity contribution in [3.63, 3.8) is 0 Å². The number of hydrogen-bond acceptors (Lipinski definition) is 3. The molecule has 0 saturated carbocycles. The lowest BCUT2D eigenvalue weighted by Gasteiger charge is -2.32. The predicted molar refractivity (Wildman–Crippen MR) is 94.8 cm³/mol. The first-order valence-electron chi connectivity index (χ1n) is 8.39. The van der Waals surface area contributed by atoms with E-state index in [1.807, 2.05) is 11.9 Å². The Bertz CT molecular complexity index is 629. The third kappa shape index (κ3) is 3.49. The smallest absolute Gasteiger partial charge is 0.322 e. The first-order valence-corrected chi connectivity index (χ1v) is 8.76. The lowest BCUT2D eigenvalue weighted by molar-refractivity contribution is 0.0691. The van der Waals surface area contributed by atoms with Crippen LogP contribution in [0.15, 0.2) is 18.2 Å². The van der Waals surface area contributed by atoms with Gasteiger partial charge in [-0.1, -0.05) is 11.6 Å². The van der Waals surface area contributed by atoms with Crippen LogP contribution in [0.25, 0.3) is 0 Å². The molecule has 2 aliphatic heterocycles. The van der Waals surface area contributed by atoms with Gasteiger partial charge in [0.15, 0.2) is 0 Å². The number of rotatable bonds is 4. The van der Waals surface area contributed by atoms with E-state index >= 15 is 0 Å². The van der Waals surface area contributed by atoms with Crippen LogP contribution in [-0.4, -0.2) is 56.6 Å². The molecular weight excluding hydrogens is 328 g/mol. The van der Waals surface area contributed by atoms with Crippen LogP contribution >= 0.6 is 11.6 Å². The second kappa shape index (κ2) is 7.40. The van der Waals surface area contributed by atoms with Gasteiger partial charge in [0, 0.05) is 31.7 Å². The lowest BCUT2D eigenvalue weighted by atomic mass is 9.96. The normalized spacial score (nSPS) is 18.8. The van der Waals surface area contributed by atoms with Crippen molar-refractivity contribution in [2.45, 2.75) is 12.8 Å². The van der Waals surface area contributed by atoms with Crippen molar-refractivity contribution in [2.24, 2.45) is 5.92 Å². The highest BCUT2D eigenvalue weighted by atomic mass is 35.5. The second-order valence-electron chi connectivity index (χ2n) is 6.34. The average molecular weight is 351 g/mol. The number of piperidine rings is 1. The fraction of sp³-hybridized carbons (Fsp3) is 0.529. The molecule has 3 amide bonds. The molecule has 2 saturated heterocycles. The quantitative estimate of drug-likeness (QED) is 0.872. The zero-order chi connectivity index (χ0) is 17.1. The van der Waals surface area contributed by atoms with E-state index in [0.29, 0.717) is 35.3 Å². The van der Waals surface area contributed by atoms with Gasteiger partial charge < -0.3 is 15.5 Å². The van der Waals surface area contributed by atoms with Gasteiger partial charge in [0.05, 0.1) is 10.7 Å².